The number of carbonyl (C=O) groups is 1. The number of piperidine rings is 1. The molecule has 3 N–H and O–H groups in total. The number of anilines is 1. The Hall–Kier alpha value is -0.970. The minimum atomic E-state index is -1.03. The van der Waals surface area contributed by atoms with Crippen molar-refractivity contribution < 1.29 is 9.90 Å². The fourth-order valence-electron chi connectivity index (χ4n) is 2.70. The van der Waals surface area contributed by atoms with Gasteiger partial charge in [0.1, 0.15) is 6.04 Å². The largest absolute Gasteiger partial charge is 0.480 e. The molecule has 2 rings (SSSR count). The van der Waals surface area contributed by atoms with Crippen LogP contribution in [0.15, 0.2) is 6.07 Å². The van der Waals surface area contributed by atoms with Crippen LogP contribution in [0.2, 0.25) is 10.0 Å². The maximum absolute atomic E-state index is 10.9. The second-order valence-corrected chi connectivity index (χ2v) is 6.29. The van der Waals surface area contributed by atoms with Crippen molar-refractivity contribution in [1.82, 2.24) is 0 Å². The number of carboxylic acid groups (broad SMARTS) is 1. The van der Waals surface area contributed by atoms with Gasteiger partial charge < -0.3 is 15.7 Å². The predicted molar refractivity (Wildman–Crippen MR) is 86.6 cm³/mol. The van der Waals surface area contributed by atoms with Gasteiger partial charge in [0.15, 0.2) is 0 Å². The summed E-state index contributed by atoms with van der Waals surface area (Å²) >= 11 is 12.9. The van der Waals surface area contributed by atoms with Gasteiger partial charge in [-0.05, 0) is 49.8 Å². The molecule has 0 aromatic heterocycles. The van der Waals surface area contributed by atoms with Gasteiger partial charge in [-0.25, -0.2) is 0 Å². The van der Waals surface area contributed by atoms with E-state index in [1.807, 2.05) is 6.92 Å². The zero-order valence-corrected chi connectivity index (χ0v) is 13.5. The smallest absolute Gasteiger partial charge is 0.320 e. The first kappa shape index (κ1) is 16.4. The summed E-state index contributed by atoms with van der Waals surface area (Å²) in [6.07, 6.45) is 3.73. The molecule has 1 aromatic carbocycles. The van der Waals surface area contributed by atoms with E-state index in [0.717, 1.165) is 42.7 Å². The Morgan fingerprint density at radius 1 is 1.38 bits per heavy atom. The van der Waals surface area contributed by atoms with E-state index < -0.39 is 12.0 Å². The van der Waals surface area contributed by atoms with Crippen molar-refractivity contribution >= 4 is 34.9 Å². The summed E-state index contributed by atoms with van der Waals surface area (Å²) in [5, 5.41) is 10.1. The van der Waals surface area contributed by atoms with Crippen LogP contribution in [0.3, 0.4) is 0 Å². The number of benzene rings is 1. The molecule has 1 atom stereocenters. The third-order valence-corrected chi connectivity index (χ3v) is 4.73. The van der Waals surface area contributed by atoms with Crippen LogP contribution in [0.1, 0.15) is 30.4 Å². The number of hydrogen-bond acceptors (Lipinski definition) is 3. The molecule has 0 saturated carbocycles. The first-order valence-electron chi connectivity index (χ1n) is 7.12. The number of halogens is 2. The molecule has 6 heteroatoms. The van der Waals surface area contributed by atoms with Crippen molar-refractivity contribution in [2.75, 3.05) is 18.0 Å². The number of aliphatic carboxylic acids is 1. The van der Waals surface area contributed by atoms with Gasteiger partial charge in [-0.1, -0.05) is 23.2 Å². The van der Waals surface area contributed by atoms with Gasteiger partial charge in [-0.15, -0.1) is 0 Å². The Morgan fingerprint density at radius 2 is 2.00 bits per heavy atom. The first-order chi connectivity index (χ1) is 9.91. The van der Waals surface area contributed by atoms with Crippen LogP contribution < -0.4 is 10.6 Å². The van der Waals surface area contributed by atoms with Crippen molar-refractivity contribution in [1.29, 1.82) is 0 Å². The molecular weight excluding hydrogens is 311 g/mol. The van der Waals surface area contributed by atoms with Gasteiger partial charge in [0.2, 0.25) is 0 Å². The van der Waals surface area contributed by atoms with Crippen LogP contribution in [0, 0.1) is 6.92 Å². The lowest BCUT2D eigenvalue weighted by Gasteiger charge is -2.31. The van der Waals surface area contributed by atoms with Crippen molar-refractivity contribution in [2.45, 2.75) is 38.6 Å². The third-order valence-electron chi connectivity index (χ3n) is 3.98. The molecule has 0 radical (unpaired) electrons. The van der Waals surface area contributed by atoms with Gasteiger partial charge in [0.25, 0.3) is 0 Å². The SMILES string of the molecule is Cc1c(CC(N)C(=O)O)cc(Cl)c(N2CCCCC2)c1Cl. The van der Waals surface area contributed by atoms with E-state index in [0.29, 0.717) is 10.0 Å². The molecule has 1 heterocycles. The van der Waals surface area contributed by atoms with Crippen LogP contribution in [0.25, 0.3) is 0 Å². The molecule has 1 aliphatic heterocycles. The quantitative estimate of drug-likeness (QED) is 0.889. The number of nitrogens with zero attached hydrogens (tertiary/aromatic N) is 1. The summed E-state index contributed by atoms with van der Waals surface area (Å²) in [4.78, 5) is 13.1. The maximum atomic E-state index is 10.9. The molecule has 1 saturated heterocycles. The first-order valence-corrected chi connectivity index (χ1v) is 7.88. The third kappa shape index (κ3) is 3.62. The number of rotatable bonds is 4. The van der Waals surface area contributed by atoms with E-state index in [9.17, 15) is 4.79 Å². The maximum Gasteiger partial charge on any atom is 0.320 e. The summed E-state index contributed by atoms with van der Waals surface area (Å²) in [5.74, 6) is -1.03. The number of hydrogen-bond donors (Lipinski definition) is 2. The molecule has 0 amide bonds. The van der Waals surface area contributed by atoms with E-state index >= 15 is 0 Å². The Morgan fingerprint density at radius 3 is 2.57 bits per heavy atom. The highest BCUT2D eigenvalue weighted by Crippen LogP contribution is 2.39. The highest BCUT2D eigenvalue weighted by atomic mass is 35.5. The van der Waals surface area contributed by atoms with Gasteiger partial charge in [0.05, 0.1) is 15.7 Å². The van der Waals surface area contributed by atoms with Crippen molar-refractivity contribution in [3.8, 4) is 0 Å². The van der Waals surface area contributed by atoms with Gasteiger partial charge in [-0.2, -0.15) is 0 Å². The van der Waals surface area contributed by atoms with Crippen LogP contribution in [0.4, 0.5) is 5.69 Å². The predicted octanol–water partition coefficient (Wildman–Crippen LogP) is 3.25. The Bertz CT molecular complexity index is 543. The van der Waals surface area contributed by atoms with E-state index in [-0.39, 0.29) is 6.42 Å². The lowest BCUT2D eigenvalue weighted by molar-refractivity contribution is -0.138. The topological polar surface area (TPSA) is 66.6 Å². The van der Waals surface area contributed by atoms with Crippen LogP contribution in [-0.4, -0.2) is 30.2 Å². The van der Waals surface area contributed by atoms with E-state index in [1.54, 1.807) is 6.07 Å². The normalized spacial score (nSPS) is 16.9. The van der Waals surface area contributed by atoms with Crippen LogP contribution >= 0.6 is 23.2 Å². The summed E-state index contributed by atoms with van der Waals surface area (Å²) in [6.45, 7) is 3.79. The molecule has 1 aromatic rings. The molecule has 0 spiro atoms. The highest BCUT2D eigenvalue weighted by Gasteiger charge is 2.22. The van der Waals surface area contributed by atoms with Gasteiger partial charge in [0, 0.05) is 13.1 Å². The molecular formula is C15H20Cl2N2O2. The Balaban J connectivity index is 2.33. The van der Waals surface area contributed by atoms with E-state index in [4.69, 9.17) is 34.0 Å². The zero-order chi connectivity index (χ0) is 15.6. The molecule has 0 aliphatic carbocycles. The second kappa shape index (κ2) is 6.86. The number of nitrogens with two attached hydrogens (primary N) is 1. The summed E-state index contributed by atoms with van der Waals surface area (Å²) in [5.41, 5.74) is 8.12. The lowest BCUT2D eigenvalue weighted by Crippen LogP contribution is -2.33. The monoisotopic (exact) mass is 330 g/mol. The second-order valence-electron chi connectivity index (χ2n) is 5.50. The minimum Gasteiger partial charge on any atom is -0.480 e. The fourth-order valence-corrected chi connectivity index (χ4v) is 3.43. The van der Waals surface area contributed by atoms with Crippen molar-refractivity contribution in [3.05, 3.63) is 27.2 Å². The fraction of sp³-hybridized carbons (Fsp3) is 0.533. The average molecular weight is 331 g/mol. The van der Waals surface area contributed by atoms with E-state index in [2.05, 4.69) is 4.90 Å². The van der Waals surface area contributed by atoms with Crippen LogP contribution in [0.5, 0.6) is 0 Å². The van der Waals surface area contributed by atoms with Crippen molar-refractivity contribution in [2.24, 2.45) is 5.73 Å². The molecule has 1 aliphatic rings. The molecule has 0 bridgehead atoms. The van der Waals surface area contributed by atoms with Gasteiger partial charge in [-0.3, -0.25) is 4.79 Å². The van der Waals surface area contributed by atoms with Gasteiger partial charge >= 0.3 is 5.97 Å². The lowest BCUT2D eigenvalue weighted by atomic mass is 9.99. The number of carboxylic acids is 1. The molecule has 21 heavy (non-hydrogen) atoms. The van der Waals surface area contributed by atoms with E-state index in [1.165, 1.54) is 6.42 Å². The Labute approximate surface area is 134 Å². The molecule has 116 valence electrons. The van der Waals surface area contributed by atoms with Crippen LogP contribution in [-0.2, 0) is 11.2 Å². The molecule has 1 unspecified atom stereocenters. The van der Waals surface area contributed by atoms with Crippen molar-refractivity contribution in [3.63, 3.8) is 0 Å². The minimum absolute atomic E-state index is 0.223. The highest BCUT2D eigenvalue weighted by molar-refractivity contribution is 6.39. The molecule has 4 nitrogen and oxygen atoms in total. The summed E-state index contributed by atoms with van der Waals surface area (Å²) < 4.78 is 0. The summed E-state index contributed by atoms with van der Waals surface area (Å²) in [7, 11) is 0. The summed E-state index contributed by atoms with van der Waals surface area (Å²) in [6, 6.07) is 0.854. The zero-order valence-electron chi connectivity index (χ0n) is 12.0. The molecule has 1 fully saturated rings. The average Bonchev–Trinajstić information content (AvgIpc) is 2.45. The Kier molecular flexibility index (Phi) is 5.36. The standard InChI is InChI=1S/C15H20Cl2N2O2/c1-9-10(8-12(18)15(20)21)7-11(16)14(13(9)17)19-5-3-2-4-6-19/h7,12H,2-6,8,18H2,1H3,(H,20,21).